The summed E-state index contributed by atoms with van der Waals surface area (Å²) in [5, 5.41) is 1.25. The smallest absolute Gasteiger partial charge is 0.159 e. The lowest BCUT2D eigenvalue weighted by molar-refractivity contribution is 0.511. The molecular weight excluding hydrogens is 362 g/mol. The van der Waals surface area contributed by atoms with Crippen LogP contribution >= 0.6 is 0 Å². The topological polar surface area (TPSA) is 0 Å². The van der Waals surface area contributed by atoms with E-state index in [0.29, 0.717) is 16.3 Å². The van der Waals surface area contributed by atoms with Crippen LogP contribution in [0.4, 0.5) is 8.78 Å². The summed E-state index contributed by atoms with van der Waals surface area (Å²) in [4.78, 5) is 0. The molecule has 0 atom stereocenters. The molecule has 4 aromatic rings. The van der Waals surface area contributed by atoms with Gasteiger partial charge in [0.05, 0.1) is 0 Å². The molecule has 4 aromatic carbocycles. The van der Waals surface area contributed by atoms with Crippen molar-refractivity contribution in [2.24, 2.45) is 0 Å². The molecule has 0 spiro atoms. The molecule has 0 aliphatic carbocycles. The Morgan fingerprint density at radius 1 is 0.724 bits per heavy atom. The van der Waals surface area contributed by atoms with E-state index in [9.17, 15) is 8.78 Å². The van der Waals surface area contributed by atoms with Gasteiger partial charge in [-0.05, 0) is 58.8 Å². The van der Waals surface area contributed by atoms with E-state index in [4.69, 9.17) is 0 Å². The van der Waals surface area contributed by atoms with Crippen molar-refractivity contribution in [1.82, 2.24) is 0 Å². The standard InChI is InChI=1S/C27H20F2/c1-2-4-19-7-12-21(13-8-19)22-14-9-20(10-15-22)11-16-23-5-3-6-24-17-26(28)27(29)18-25(23)24/h3,5-10,12-15,17-18H,2,4H2,1H3. The van der Waals surface area contributed by atoms with Crippen LogP contribution in [0.15, 0.2) is 78.9 Å². The van der Waals surface area contributed by atoms with E-state index in [2.05, 4.69) is 55.2 Å². The molecule has 0 saturated heterocycles. The van der Waals surface area contributed by atoms with Crippen LogP contribution in [0.25, 0.3) is 21.9 Å². The number of fused-ring (bicyclic) bond motifs is 1. The Bertz CT molecular complexity index is 1210. The van der Waals surface area contributed by atoms with Crippen molar-refractivity contribution in [1.29, 1.82) is 0 Å². The highest BCUT2D eigenvalue weighted by Gasteiger charge is 2.06. The van der Waals surface area contributed by atoms with Gasteiger partial charge < -0.3 is 0 Å². The highest BCUT2D eigenvalue weighted by molar-refractivity contribution is 5.88. The molecule has 0 unspecified atom stereocenters. The Balaban J connectivity index is 1.60. The molecule has 0 fully saturated rings. The lowest BCUT2D eigenvalue weighted by Crippen LogP contribution is -1.87. The van der Waals surface area contributed by atoms with Gasteiger partial charge in [-0.25, -0.2) is 8.78 Å². The van der Waals surface area contributed by atoms with Gasteiger partial charge >= 0.3 is 0 Å². The van der Waals surface area contributed by atoms with Gasteiger partial charge in [-0.1, -0.05) is 73.7 Å². The van der Waals surface area contributed by atoms with Crippen LogP contribution in [0.5, 0.6) is 0 Å². The minimum atomic E-state index is -0.860. The van der Waals surface area contributed by atoms with Gasteiger partial charge in [0.15, 0.2) is 11.6 Å². The Morgan fingerprint density at radius 3 is 2.07 bits per heavy atom. The van der Waals surface area contributed by atoms with E-state index in [1.54, 1.807) is 12.1 Å². The first-order chi connectivity index (χ1) is 14.1. The van der Waals surface area contributed by atoms with Crippen LogP contribution in [0.3, 0.4) is 0 Å². The molecule has 0 radical (unpaired) electrons. The molecule has 0 N–H and O–H groups in total. The normalized spacial score (nSPS) is 10.6. The predicted octanol–water partition coefficient (Wildman–Crippen LogP) is 7.14. The van der Waals surface area contributed by atoms with Crippen molar-refractivity contribution in [3.8, 4) is 23.0 Å². The maximum Gasteiger partial charge on any atom is 0.159 e. The second-order valence-corrected chi connectivity index (χ2v) is 7.07. The monoisotopic (exact) mass is 382 g/mol. The summed E-state index contributed by atoms with van der Waals surface area (Å²) in [5.41, 5.74) is 5.22. The maximum atomic E-state index is 13.6. The summed E-state index contributed by atoms with van der Waals surface area (Å²) in [6.07, 6.45) is 2.24. The lowest BCUT2D eigenvalue weighted by atomic mass is 10.0. The van der Waals surface area contributed by atoms with Crippen LogP contribution in [0.2, 0.25) is 0 Å². The van der Waals surface area contributed by atoms with Crippen molar-refractivity contribution in [3.63, 3.8) is 0 Å². The number of benzene rings is 4. The van der Waals surface area contributed by atoms with Crippen molar-refractivity contribution in [2.75, 3.05) is 0 Å². The molecule has 142 valence electrons. The van der Waals surface area contributed by atoms with Crippen LogP contribution in [-0.2, 0) is 6.42 Å². The van der Waals surface area contributed by atoms with Gasteiger partial charge in [-0.15, -0.1) is 0 Å². The average Bonchev–Trinajstić information content (AvgIpc) is 2.74. The molecule has 0 saturated carbocycles. The van der Waals surface area contributed by atoms with Crippen LogP contribution in [0.1, 0.15) is 30.0 Å². The first-order valence-corrected chi connectivity index (χ1v) is 9.73. The third kappa shape index (κ3) is 4.20. The van der Waals surface area contributed by atoms with Gasteiger partial charge in [-0.3, -0.25) is 0 Å². The summed E-state index contributed by atoms with van der Waals surface area (Å²) < 4.78 is 27.1. The molecule has 0 amide bonds. The molecule has 29 heavy (non-hydrogen) atoms. The molecule has 0 aromatic heterocycles. The number of hydrogen-bond donors (Lipinski definition) is 0. The van der Waals surface area contributed by atoms with Crippen molar-refractivity contribution in [3.05, 3.63) is 107 Å². The van der Waals surface area contributed by atoms with E-state index < -0.39 is 11.6 Å². The Labute approximate surface area is 169 Å². The van der Waals surface area contributed by atoms with Gasteiger partial charge in [0, 0.05) is 16.5 Å². The van der Waals surface area contributed by atoms with E-state index in [1.807, 2.05) is 18.2 Å². The zero-order chi connectivity index (χ0) is 20.2. The molecule has 0 bridgehead atoms. The quantitative estimate of drug-likeness (QED) is 0.330. The summed E-state index contributed by atoms with van der Waals surface area (Å²) in [7, 11) is 0. The van der Waals surface area contributed by atoms with Gasteiger partial charge in [-0.2, -0.15) is 0 Å². The minimum absolute atomic E-state index is 0.614. The van der Waals surface area contributed by atoms with Crippen LogP contribution < -0.4 is 0 Å². The summed E-state index contributed by atoms with van der Waals surface area (Å²) in [6.45, 7) is 2.18. The van der Waals surface area contributed by atoms with Crippen molar-refractivity contribution < 1.29 is 8.78 Å². The Hall–Kier alpha value is -3.44. The Kier molecular flexibility index (Phi) is 5.40. The van der Waals surface area contributed by atoms with E-state index in [-0.39, 0.29) is 0 Å². The Morgan fingerprint density at radius 2 is 1.38 bits per heavy atom. The summed E-state index contributed by atoms with van der Waals surface area (Å²) >= 11 is 0. The summed E-state index contributed by atoms with van der Waals surface area (Å²) in [5.74, 6) is 4.51. The third-order valence-corrected chi connectivity index (χ3v) is 4.97. The fourth-order valence-corrected chi connectivity index (χ4v) is 3.42. The minimum Gasteiger partial charge on any atom is -0.204 e. The van der Waals surface area contributed by atoms with Crippen molar-refractivity contribution >= 4 is 10.8 Å². The number of halogens is 2. The van der Waals surface area contributed by atoms with Gasteiger partial charge in [0.1, 0.15) is 0 Å². The summed E-state index contributed by atoms with van der Waals surface area (Å²) in [6, 6.07) is 24.5. The molecule has 4 rings (SSSR count). The fourth-order valence-electron chi connectivity index (χ4n) is 3.42. The average molecular weight is 382 g/mol. The molecule has 0 aliphatic heterocycles. The highest BCUT2D eigenvalue weighted by atomic mass is 19.2. The molecular formula is C27H20F2. The number of aryl methyl sites for hydroxylation is 1. The van der Waals surface area contributed by atoms with Crippen molar-refractivity contribution in [2.45, 2.75) is 19.8 Å². The zero-order valence-corrected chi connectivity index (χ0v) is 16.2. The first-order valence-electron chi connectivity index (χ1n) is 9.73. The number of rotatable bonds is 3. The van der Waals surface area contributed by atoms with Crippen LogP contribution in [0, 0.1) is 23.5 Å². The van der Waals surface area contributed by atoms with E-state index >= 15 is 0 Å². The first kappa shape index (κ1) is 18.9. The zero-order valence-electron chi connectivity index (χ0n) is 16.2. The maximum absolute atomic E-state index is 13.6. The fraction of sp³-hybridized carbons (Fsp3) is 0.111. The lowest BCUT2D eigenvalue weighted by Gasteiger charge is -2.04. The highest BCUT2D eigenvalue weighted by Crippen LogP contribution is 2.23. The SMILES string of the molecule is CCCc1ccc(-c2ccc(C#Cc3cccc4cc(F)c(F)cc34)cc2)cc1. The third-order valence-electron chi connectivity index (χ3n) is 4.97. The van der Waals surface area contributed by atoms with Crippen LogP contribution in [-0.4, -0.2) is 0 Å². The number of hydrogen-bond acceptors (Lipinski definition) is 0. The molecule has 2 heteroatoms. The largest absolute Gasteiger partial charge is 0.204 e. The van der Waals surface area contributed by atoms with E-state index in [1.165, 1.54) is 23.3 Å². The second kappa shape index (κ2) is 8.29. The second-order valence-electron chi connectivity index (χ2n) is 7.07. The molecule has 0 nitrogen and oxygen atoms in total. The van der Waals surface area contributed by atoms with E-state index in [0.717, 1.165) is 24.0 Å². The molecule has 0 heterocycles. The van der Waals surface area contributed by atoms with Gasteiger partial charge in [0.2, 0.25) is 0 Å². The predicted molar refractivity (Wildman–Crippen MR) is 116 cm³/mol. The molecule has 0 aliphatic rings. The van der Waals surface area contributed by atoms with Gasteiger partial charge in [0.25, 0.3) is 0 Å².